The number of H-pyrrole nitrogens is 1. The summed E-state index contributed by atoms with van der Waals surface area (Å²) < 4.78 is 48.5. The van der Waals surface area contributed by atoms with E-state index in [-0.39, 0.29) is 28.5 Å². The number of anilines is 2. The number of carbonyl (C=O) groups is 1. The molecule has 54 heavy (non-hydrogen) atoms. The van der Waals surface area contributed by atoms with Crippen molar-refractivity contribution in [3.8, 4) is 16.9 Å². The van der Waals surface area contributed by atoms with E-state index < -0.39 is 12.8 Å². The van der Waals surface area contributed by atoms with Crippen LogP contribution in [0.1, 0.15) is 49.1 Å². The third kappa shape index (κ3) is 5.70. The smallest absolute Gasteiger partial charge is 0.422 e. The lowest BCUT2D eigenvalue weighted by Crippen LogP contribution is -2.73. The second kappa shape index (κ2) is 12.6. The molecule has 14 heteroatoms. The monoisotopic (exact) mass is 743 g/mol. The van der Waals surface area contributed by atoms with Crippen LogP contribution in [0, 0.1) is 12.3 Å². The van der Waals surface area contributed by atoms with E-state index in [2.05, 4.69) is 63.6 Å². The van der Waals surface area contributed by atoms with Crippen molar-refractivity contribution in [1.29, 1.82) is 0 Å². The number of likely N-dealkylation sites (tertiary alicyclic amines) is 2. The van der Waals surface area contributed by atoms with Crippen LogP contribution >= 0.6 is 0 Å². The van der Waals surface area contributed by atoms with Gasteiger partial charge in [-0.3, -0.25) is 14.8 Å². The van der Waals surface area contributed by atoms with Crippen molar-refractivity contribution in [2.24, 2.45) is 5.41 Å². The van der Waals surface area contributed by atoms with E-state index in [1.54, 1.807) is 6.20 Å². The highest BCUT2D eigenvalue weighted by Crippen LogP contribution is 2.54. The van der Waals surface area contributed by atoms with E-state index in [9.17, 15) is 18.0 Å². The molecule has 0 bridgehead atoms. The van der Waals surface area contributed by atoms with Gasteiger partial charge < -0.3 is 24.3 Å². The highest BCUT2D eigenvalue weighted by Gasteiger charge is 2.56. The molecule has 286 valence electrons. The maximum atomic E-state index is 14.2. The molecule has 0 radical (unpaired) electrons. The predicted octanol–water partition coefficient (Wildman–Crippen LogP) is 5.74. The van der Waals surface area contributed by atoms with Crippen molar-refractivity contribution in [3.63, 3.8) is 0 Å². The topological polar surface area (TPSA) is 97.0 Å². The second-order valence-electron chi connectivity index (χ2n) is 16.7. The summed E-state index contributed by atoms with van der Waals surface area (Å²) in [6, 6.07) is 6.44. The summed E-state index contributed by atoms with van der Waals surface area (Å²) in [5.41, 5.74) is 4.55. The molecule has 2 aromatic heterocycles. The third-order valence-corrected chi connectivity index (χ3v) is 13.0. The van der Waals surface area contributed by atoms with Gasteiger partial charge >= 0.3 is 6.18 Å². The van der Waals surface area contributed by atoms with Gasteiger partial charge in [0.15, 0.2) is 12.4 Å². The minimum absolute atomic E-state index is 0.0395. The number of piperidine rings is 1. The molecule has 1 atom stereocenters. The quantitative estimate of drug-likeness (QED) is 0.227. The minimum Gasteiger partial charge on any atom is -0.481 e. The number of aromatic amines is 1. The van der Waals surface area contributed by atoms with E-state index >= 15 is 0 Å². The summed E-state index contributed by atoms with van der Waals surface area (Å²) in [7, 11) is 6.43. The van der Waals surface area contributed by atoms with Crippen LogP contribution < -0.4 is 14.5 Å². The number of rotatable bonds is 8. The molecule has 5 fully saturated rings. The molecule has 1 saturated carbocycles. The fraction of sp³-hybridized carbons (Fsp3) is 0.550. The summed E-state index contributed by atoms with van der Waals surface area (Å²) in [6.07, 6.45) is 3.26. The van der Waals surface area contributed by atoms with E-state index in [4.69, 9.17) is 14.7 Å². The maximum Gasteiger partial charge on any atom is 0.422 e. The van der Waals surface area contributed by atoms with Crippen LogP contribution in [0.3, 0.4) is 0 Å². The SMILES string of the molecule is C=CC(=O)N1CC2(CCN(c3nc(N4CC5(C4)[C@H](N(C)C)CCN5C)nc4c(OCC(F)(F)F)c(-c5c(C)ccc6[nH]ncc56)c(C5CC5)cc34)CC2)C1. The van der Waals surface area contributed by atoms with Crippen LogP contribution in [0.5, 0.6) is 5.75 Å². The van der Waals surface area contributed by atoms with Gasteiger partial charge in [-0.15, -0.1) is 0 Å². The number of aryl methyl sites for hydroxylation is 1. The highest BCUT2D eigenvalue weighted by atomic mass is 19.4. The first-order valence-electron chi connectivity index (χ1n) is 19.1. The number of aromatic nitrogens is 4. The number of fused-ring (bicyclic) bond motifs is 2. The number of hydrogen-bond acceptors (Lipinski definition) is 9. The molecule has 4 aliphatic heterocycles. The molecule has 4 saturated heterocycles. The number of amides is 1. The van der Waals surface area contributed by atoms with Crippen molar-refractivity contribution in [2.75, 3.05) is 83.4 Å². The Labute approximate surface area is 313 Å². The normalized spacial score (nSPS) is 22.4. The lowest BCUT2D eigenvalue weighted by molar-refractivity contribution is -0.153. The first kappa shape index (κ1) is 35.3. The molecule has 11 nitrogen and oxygen atoms in total. The first-order valence-corrected chi connectivity index (χ1v) is 19.1. The van der Waals surface area contributed by atoms with E-state index in [1.807, 2.05) is 24.0 Å². The maximum absolute atomic E-state index is 14.2. The summed E-state index contributed by atoms with van der Waals surface area (Å²) >= 11 is 0. The van der Waals surface area contributed by atoms with Crippen molar-refractivity contribution in [1.82, 2.24) is 34.9 Å². The predicted molar refractivity (Wildman–Crippen MR) is 203 cm³/mol. The number of halogens is 3. The van der Waals surface area contributed by atoms with Crippen molar-refractivity contribution in [2.45, 2.75) is 62.7 Å². The number of nitrogens with zero attached hydrogens (tertiary/aromatic N) is 8. The number of carbonyl (C=O) groups excluding carboxylic acids is 1. The Kier molecular flexibility index (Phi) is 8.20. The van der Waals surface area contributed by atoms with Gasteiger partial charge in [0, 0.05) is 73.6 Å². The summed E-state index contributed by atoms with van der Waals surface area (Å²) in [5.74, 6) is 1.53. The molecule has 2 spiro atoms. The molecule has 5 aliphatic rings. The van der Waals surface area contributed by atoms with Gasteiger partial charge in [0.25, 0.3) is 0 Å². The number of alkyl halides is 3. The summed E-state index contributed by atoms with van der Waals surface area (Å²) in [6.45, 7) is 9.47. The van der Waals surface area contributed by atoms with Crippen LogP contribution in [0.2, 0.25) is 0 Å². The third-order valence-electron chi connectivity index (χ3n) is 13.0. The summed E-state index contributed by atoms with van der Waals surface area (Å²) in [4.78, 5) is 33.8. The Morgan fingerprint density at radius 3 is 2.44 bits per heavy atom. The van der Waals surface area contributed by atoms with Gasteiger partial charge in [0.05, 0.1) is 17.3 Å². The Balaban J connectivity index is 1.21. The second-order valence-corrected chi connectivity index (χ2v) is 16.7. The molecule has 1 N–H and O–H groups in total. The fourth-order valence-electron chi connectivity index (χ4n) is 9.90. The molecule has 6 heterocycles. The average molecular weight is 744 g/mol. The van der Waals surface area contributed by atoms with Crippen LogP contribution in [0.25, 0.3) is 32.9 Å². The molecule has 2 aromatic carbocycles. The Morgan fingerprint density at radius 2 is 1.78 bits per heavy atom. The van der Waals surface area contributed by atoms with Gasteiger partial charge in [-0.05, 0) is 101 Å². The van der Waals surface area contributed by atoms with E-state index in [0.29, 0.717) is 67.7 Å². The number of likely N-dealkylation sites (N-methyl/N-ethyl adjacent to an activating group) is 2. The Hall–Kier alpha value is -4.43. The molecular weight excluding hydrogens is 695 g/mol. The van der Waals surface area contributed by atoms with Crippen LogP contribution in [0.15, 0.2) is 37.1 Å². The van der Waals surface area contributed by atoms with Gasteiger partial charge in [-0.1, -0.05) is 12.6 Å². The van der Waals surface area contributed by atoms with E-state index in [1.165, 1.54) is 6.08 Å². The van der Waals surface area contributed by atoms with Crippen molar-refractivity contribution >= 4 is 39.5 Å². The van der Waals surface area contributed by atoms with E-state index in [0.717, 1.165) is 72.1 Å². The highest BCUT2D eigenvalue weighted by molar-refractivity contribution is 6.06. The van der Waals surface area contributed by atoms with Crippen molar-refractivity contribution < 1.29 is 22.7 Å². The number of benzene rings is 2. The zero-order valence-electron chi connectivity index (χ0n) is 31.5. The number of ether oxygens (including phenoxy) is 1. The fourth-order valence-corrected chi connectivity index (χ4v) is 9.90. The van der Waals surface area contributed by atoms with Gasteiger partial charge in [-0.2, -0.15) is 23.3 Å². The number of nitrogens with one attached hydrogen (secondary N) is 1. The lowest BCUT2D eigenvalue weighted by atomic mass is 9.72. The van der Waals surface area contributed by atoms with Gasteiger partial charge in [0.1, 0.15) is 11.3 Å². The zero-order chi connectivity index (χ0) is 37.7. The molecule has 1 amide bonds. The standard InChI is InChI=1S/C40H48F3N9O2/c1-6-31(53)51-19-38(20-51)12-15-50(16-13-38)36-27-17-26(25-8-9-25)33(32-24(2)7-10-29-28(32)18-44-47-29)35(54-23-40(41,42)43)34(27)45-37(46-36)52-21-39(22-52)30(48(3)4)11-14-49(39)5/h6-7,10,17-18,25,30H,1,8-9,11-16,19-23H2,2-5H3,(H,44,47)/t30-/m1/s1. The van der Waals surface area contributed by atoms with Gasteiger partial charge in [0.2, 0.25) is 11.9 Å². The largest absolute Gasteiger partial charge is 0.481 e. The Bertz CT molecular complexity index is 2140. The van der Waals surface area contributed by atoms with Crippen LogP contribution in [0.4, 0.5) is 24.9 Å². The van der Waals surface area contributed by atoms with Crippen LogP contribution in [-0.4, -0.2) is 132 Å². The Morgan fingerprint density at radius 1 is 1.04 bits per heavy atom. The molecule has 1 aliphatic carbocycles. The number of hydrogen-bond donors (Lipinski definition) is 1. The van der Waals surface area contributed by atoms with Gasteiger partial charge in [-0.25, -0.2) is 4.98 Å². The van der Waals surface area contributed by atoms with Crippen molar-refractivity contribution in [3.05, 3.63) is 48.2 Å². The summed E-state index contributed by atoms with van der Waals surface area (Å²) in [5, 5.41) is 8.90. The minimum atomic E-state index is -4.56. The first-order chi connectivity index (χ1) is 25.8. The molecular formula is C40H48F3N9O2. The average Bonchev–Trinajstić information content (AvgIpc) is 3.74. The zero-order valence-corrected chi connectivity index (χ0v) is 31.5. The molecule has 0 unspecified atom stereocenters. The van der Waals surface area contributed by atoms with Crippen LogP contribution in [-0.2, 0) is 4.79 Å². The molecule has 4 aromatic rings. The molecule has 9 rings (SSSR count). The lowest BCUT2D eigenvalue weighted by Gasteiger charge is -2.56.